The first-order valence-electron chi connectivity index (χ1n) is 12.1. The molecule has 8 heteroatoms. The maximum Gasteiger partial charge on any atom is 0.331 e. The summed E-state index contributed by atoms with van der Waals surface area (Å²) in [6.45, 7) is 3.88. The third-order valence-electron chi connectivity index (χ3n) is 6.42. The second kappa shape index (κ2) is 9.73. The molecule has 5 rings (SSSR count). The van der Waals surface area contributed by atoms with Crippen LogP contribution in [-0.2, 0) is 22.4 Å². The number of hydrogen-bond acceptors (Lipinski definition) is 5. The molecule has 0 fully saturated rings. The molecule has 3 heterocycles. The molecule has 37 heavy (non-hydrogen) atoms. The third-order valence-corrected chi connectivity index (χ3v) is 6.42. The number of ether oxygens (including phenoxy) is 1. The predicted octanol–water partition coefficient (Wildman–Crippen LogP) is 3.31. The number of imide groups is 1. The Kier molecular flexibility index (Phi) is 6.31. The number of anilines is 1. The molecule has 0 N–H and O–H groups in total. The lowest BCUT2D eigenvalue weighted by molar-refractivity contribution is -0.577. The number of hydrogen-bond donors (Lipinski definition) is 0. The molecular weight excluding hydrogens is 468 g/mol. The third kappa shape index (κ3) is 4.06. The van der Waals surface area contributed by atoms with E-state index in [0.717, 1.165) is 16.9 Å². The van der Waals surface area contributed by atoms with E-state index in [2.05, 4.69) is 5.10 Å². The first kappa shape index (κ1) is 24.0. The molecule has 2 aromatic carbocycles. The monoisotopic (exact) mass is 494 g/mol. The lowest BCUT2D eigenvalue weighted by Crippen LogP contribution is -2.40. The molecule has 4 aromatic rings. The smallest absolute Gasteiger partial charge is 0.331 e. The summed E-state index contributed by atoms with van der Waals surface area (Å²) in [5, 5.41) is 18.3. The van der Waals surface area contributed by atoms with Crippen molar-refractivity contribution in [1.82, 2.24) is 9.78 Å². The second-order valence-corrected chi connectivity index (χ2v) is 8.57. The highest BCUT2D eigenvalue weighted by Crippen LogP contribution is 2.39. The number of para-hydroxylation sites is 1. The van der Waals surface area contributed by atoms with Crippen LogP contribution in [0.15, 0.2) is 79.1 Å². The molecule has 2 amide bonds. The molecule has 0 atom stereocenters. The lowest BCUT2D eigenvalue weighted by Gasteiger charge is -2.16. The largest absolute Gasteiger partial charge is 0.858 e. The summed E-state index contributed by atoms with van der Waals surface area (Å²) >= 11 is 0. The van der Waals surface area contributed by atoms with E-state index in [1.165, 1.54) is 4.68 Å². The molecule has 0 saturated carbocycles. The van der Waals surface area contributed by atoms with E-state index < -0.39 is 17.7 Å². The number of nitrogens with zero attached hydrogens (tertiary/aromatic N) is 4. The maximum atomic E-state index is 14.0. The van der Waals surface area contributed by atoms with Crippen molar-refractivity contribution in [2.24, 2.45) is 0 Å². The minimum absolute atomic E-state index is 0.0445. The van der Waals surface area contributed by atoms with Gasteiger partial charge in [-0.05, 0) is 61.2 Å². The predicted molar refractivity (Wildman–Crippen MR) is 137 cm³/mol. The highest BCUT2D eigenvalue weighted by molar-refractivity contribution is 6.53. The van der Waals surface area contributed by atoms with Gasteiger partial charge >= 0.3 is 5.91 Å². The van der Waals surface area contributed by atoms with Gasteiger partial charge in [0.25, 0.3) is 11.6 Å². The first-order valence-corrected chi connectivity index (χ1v) is 12.1. The number of pyridine rings is 1. The molecule has 0 radical (unpaired) electrons. The highest BCUT2D eigenvalue weighted by atomic mass is 16.5. The molecule has 2 aromatic heterocycles. The lowest BCUT2D eigenvalue weighted by atomic mass is 10.0. The summed E-state index contributed by atoms with van der Waals surface area (Å²) in [5.41, 5.74) is 2.71. The Balaban J connectivity index is 1.75. The van der Waals surface area contributed by atoms with Crippen molar-refractivity contribution in [2.75, 3.05) is 12.0 Å². The molecule has 0 saturated heterocycles. The molecule has 0 bridgehead atoms. The Labute approximate surface area is 214 Å². The average Bonchev–Trinajstić information content (AvgIpc) is 3.40. The number of rotatable bonds is 7. The van der Waals surface area contributed by atoms with E-state index in [9.17, 15) is 14.7 Å². The minimum Gasteiger partial charge on any atom is -0.858 e. The number of amides is 2. The maximum absolute atomic E-state index is 14.0. The van der Waals surface area contributed by atoms with E-state index in [0.29, 0.717) is 29.2 Å². The number of carbonyl (C=O) groups excluding carboxylic acids is 2. The van der Waals surface area contributed by atoms with Crippen molar-refractivity contribution in [3.63, 3.8) is 0 Å². The van der Waals surface area contributed by atoms with Crippen LogP contribution in [0.5, 0.6) is 11.6 Å². The molecule has 1 aliphatic heterocycles. The molecular formula is C29H26N4O4. The standard InChI is InChI=1S/C29H26N4O4/c1-4-19-10-9-17-31(18-19)26-25(27(34)32(29(26)36)20-13-15-22(37-3)16-14-20)24-23(5-2)30-33(28(24)35)21-11-7-6-8-12-21/h6-18H,4-5H2,1-3H3. The van der Waals surface area contributed by atoms with Crippen LogP contribution in [-0.4, -0.2) is 28.7 Å². The van der Waals surface area contributed by atoms with Crippen LogP contribution in [0.1, 0.15) is 30.7 Å². The zero-order chi connectivity index (χ0) is 26.1. The van der Waals surface area contributed by atoms with Crippen LogP contribution < -0.4 is 19.3 Å². The van der Waals surface area contributed by atoms with E-state index in [4.69, 9.17) is 4.74 Å². The van der Waals surface area contributed by atoms with Crippen molar-refractivity contribution in [1.29, 1.82) is 0 Å². The summed E-state index contributed by atoms with van der Waals surface area (Å²) in [7, 11) is 1.54. The molecule has 0 spiro atoms. The van der Waals surface area contributed by atoms with E-state index in [1.54, 1.807) is 54.3 Å². The van der Waals surface area contributed by atoms with Gasteiger partial charge in [0.2, 0.25) is 0 Å². The Bertz CT molecular complexity index is 1520. The second-order valence-electron chi connectivity index (χ2n) is 8.57. The van der Waals surface area contributed by atoms with Crippen LogP contribution >= 0.6 is 0 Å². The number of methoxy groups -OCH3 is 1. The van der Waals surface area contributed by atoms with E-state index in [-0.39, 0.29) is 16.8 Å². The minimum atomic E-state index is -0.570. The number of aromatic nitrogens is 3. The summed E-state index contributed by atoms with van der Waals surface area (Å²) in [4.78, 5) is 29.0. The summed E-state index contributed by atoms with van der Waals surface area (Å²) in [5.74, 6) is -0.933. The number of aryl methyl sites for hydroxylation is 2. The fourth-order valence-electron chi connectivity index (χ4n) is 4.51. The molecule has 8 nitrogen and oxygen atoms in total. The van der Waals surface area contributed by atoms with Gasteiger partial charge in [0, 0.05) is 17.2 Å². The van der Waals surface area contributed by atoms with Crippen LogP contribution in [0.4, 0.5) is 5.69 Å². The quantitative estimate of drug-likeness (QED) is 0.290. The zero-order valence-corrected chi connectivity index (χ0v) is 20.8. The first-order chi connectivity index (χ1) is 18.0. The Morgan fingerprint density at radius 2 is 1.62 bits per heavy atom. The van der Waals surface area contributed by atoms with Crippen LogP contribution in [0.2, 0.25) is 0 Å². The fourth-order valence-corrected chi connectivity index (χ4v) is 4.51. The average molecular weight is 495 g/mol. The summed E-state index contributed by atoms with van der Waals surface area (Å²) in [6, 6.07) is 19.5. The molecule has 0 aliphatic carbocycles. The van der Waals surface area contributed by atoms with Crippen LogP contribution in [0.25, 0.3) is 17.0 Å². The van der Waals surface area contributed by atoms with E-state index in [1.807, 2.05) is 50.4 Å². The molecule has 0 unspecified atom stereocenters. The van der Waals surface area contributed by atoms with E-state index >= 15 is 0 Å². The SMILES string of the molecule is CCc1ccc[n+](C2=C(c3c(CC)nn(-c4ccccc4)c3[O-])C(=O)N(c3ccc(OC)cc3)C2=O)c1. The van der Waals surface area contributed by atoms with Crippen LogP contribution in [0.3, 0.4) is 0 Å². The summed E-state index contributed by atoms with van der Waals surface area (Å²) < 4.78 is 8.15. The van der Waals surface area contributed by atoms with Gasteiger partial charge in [0.05, 0.1) is 24.2 Å². The van der Waals surface area contributed by atoms with Gasteiger partial charge in [-0.2, -0.15) is 9.67 Å². The topological polar surface area (TPSA) is 91.4 Å². The normalized spacial score (nSPS) is 13.5. The van der Waals surface area contributed by atoms with Gasteiger partial charge in [0.1, 0.15) is 11.3 Å². The Hall–Kier alpha value is -4.72. The Morgan fingerprint density at radius 3 is 2.27 bits per heavy atom. The van der Waals surface area contributed by atoms with Gasteiger partial charge < -0.3 is 9.84 Å². The van der Waals surface area contributed by atoms with Gasteiger partial charge in [-0.25, -0.2) is 9.58 Å². The van der Waals surface area contributed by atoms with Gasteiger partial charge in [-0.1, -0.05) is 32.0 Å². The van der Waals surface area contributed by atoms with Gasteiger partial charge in [0.15, 0.2) is 12.4 Å². The van der Waals surface area contributed by atoms with Crippen molar-refractivity contribution in [3.8, 4) is 17.3 Å². The fraction of sp³-hybridized carbons (Fsp3) is 0.172. The van der Waals surface area contributed by atoms with Crippen molar-refractivity contribution in [3.05, 3.63) is 95.9 Å². The van der Waals surface area contributed by atoms with Crippen molar-refractivity contribution in [2.45, 2.75) is 26.7 Å². The number of carbonyl (C=O) groups is 2. The molecule has 186 valence electrons. The zero-order valence-electron chi connectivity index (χ0n) is 20.8. The van der Waals surface area contributed by atoms with Gasteiger partial charge in [-0.3, -0.25) is 9.59 Å². The Morgan fingerprint density at radius 1 is 0.892 bits per heavy atom. The van der Waals surface area contributed by atoms with Gasteiger partial charge in [-0.15, -0.1) is 0 Å². The summed E-state index contributed by atoms with van der Waals surface area (Å²) in [6.07, 6.45) is 4.68. The number of benzene rings is 2. The van der Waals surface area contributed by atoms with Crippen molar-refractivity contribution >= 4 is 28.8 Å². The highest BCUT2D eigenvalue weighted by Gasteiger charge is 2.47. The van der Waals surface area contributed by atoms with Crippen LogP contribution in [0, 0.1) is 0 Å². The van der Waals surface area contributed by atoms with Crippen molar-refractivity contribution < 1.29 is 24.0 Å². The molecule has 1 aliphatic rings.